The van der Waals surface area contributed by atoms with Crippen molar-refractivity contribution in [1.29, 1.82) is 0 Å². The predicted octanol–water partition coefficient (Wildman–Crippen LogP) is 4.03. The van der Waals surface area contributed by atoms with Crippen LogP contribution in [0.3, 0.4) is 0 Å². The minimum Gasteiger partial charge on any atom is -0.448 e. The normalized spacial score (nSPS) is 18.9. The molecule has 174 valence electrons. The highest BCUT2D eigenvalue weighted by Gasteiger charge is 2.41. The molecular weight excluding hydrogens is 428 g/mol. The Hall–Kier alpha value is -3.64. The molecule has 1 saturated heterocycles. The van der Waals surface area contributed by atoms with Crippen molar-refractivity contribution in [2.75, 3.05) is 20.2 Å². The van der Waals surface area contributed by atoms with Crippen LogP contribution in [0.4, 0.5) is 4.79 Å². The summed E-state index contributed by atoms with van der Waals surface area (Å²) in [4.78, 5) is 29.2. The Morgan fingerprint density at radius 2 is 1.53 bits per heavy atom. The first-order valence-electron chi connectivity index (χ1n) is 11.6. The average molecular weight is 457 g/mol. The van der Waals surface area contributed by atoms with E-state index in [1.165, 1.54) is 4.90 Å². The fraction of sp³-hybridized carbons (Fsp3) is 0.286. The van der Waals surface area contributed by atoms with Crippen LogP contribution in [0.2, 0.25) is 0 Å². The standard InChI is InChI=1S/C28H28N2O4/c1-29(16-19-9-3-2-4-10-19)27(32)26-15-20(31)17-30(26)28(33)34-18-25-23-13-7-5-11-21(23)22-12-6-8-14-24(22)25/h2-14,20,25-26,31H,15-18H2,1H3/t20?,26-/m0/s1. The van der Waals surface area contributed by atoms with E-state index in [2.05, 4.69) is 24.3 Å². The molecule has 2 atom stereocenters. The number of rotatable bonds is 5. The van der Waals surface area contributed by atoms with Crippen molar-refractivity contribution in [2.24, 2.45) is 0 Å². The fourth-order valence-electron chi connectivity index (χ4n) is 5.12. The van der Waals surface area contributed by atoms with E-state index >= 15 is 0 Å². The van der Waals surface area contributed by atoms with Crippen LogP contribution >= 0.6 is 0 Å². The van der Waals surface area contributed by atoms with Crippen molar-refractivity contribution in [3.8, 4) is 11.1 Å². The summed E-state index contributed by atoms with van der Waals surface area (Å²) >= 11 is 0. The molecule has 0 bridgehead atoms. The zero-order valence-electron chi connectivity index (χ0n) is 19.1. The summed E-state index contributed by atoms with van der Waals surface area (Å²) in [5.74, 6) is -0.257. The largest absolute Gasteiger partial charge is 0.448 e. The Balaban J connectivity index is 1.28. The number of carbonyl (C=O) groups excluding carboxylic acids is 2. The van der Waals surface area contributed by atoms with Crippen molar-refractivity contribution >= 4 is 12.0 Å². The van der Waals surface area contributed by atoms with Crippen LogP contribution in [0, 0.1) is 0 Å². The van der Waals surface area contributed by atoms with Gasteiger partial charge >= 0.3 is 6.09 Å². The Kier molecular flexibility index (Phi) is 6.07. The number of ether oxygens (including phenoxy) is 1. The van der Waals surface area contributed by atoms with E-state index in [0.29, 0.717) is 6.54 Å². The average Bonchev–Trinajstić information content (AvgIpc) is 3.41. The first-order valence-corrected chi connectivity index (χ1v) is 11.6. The number of amides is 2. The van der Waals surface area contributed by atoms with Gasteiger partial charge in [-0.1, -0.05) is 78.9 Å². The third-order valence-corrected chi connectivity index (χ3v) is 6.77. The Labute approximate surface area is 199 Å². The number of nitrogens with zero attached hydrogens (tertiary/aromatic N) is 2. The molecule has 0 spiro atoms. The lowest BCUT2D eigenvalue weighted by Gasteiger charge is -2.28. The van der Waals surface area contributed by atoms with Gasteiger partial charge in [0.2, 0.25) is 5.91 Å². The smallest absolute Gasteiger partial charge is 0.410 e. The second-order valence-electron chi connectivity index (χ2n) is 9.04. The minimum absolute atomic E-state index is 0.0567. The van der Waals surface area contributed by atoms with E-state index in [-0.39, 0.29) is 31.4 Å². The van der Waals surface area contributed by atoms with Gasteiger partial charge < -0.3 is 14.7 Å². The molecule has 1 aliphatic carbocycles. The van der Waals surface area contributed by atoms with Crippen LogP contribution in [-0.4, -0.2) is 59.3 Å². The highest BCUT2D eigenvalue weighted by Crippen LogP contribution is 2.44. The van der Waals surface area contributed by atoms with Gasteiger partial charge in [-0.25, -0.2) is 4.79 Å². The van der Waals surface area contributed by atoms with Crippen LogP contribution in [0.5, 0.6) is 0 Å². The Morgan fingerprint density at radius 1 is 0.941 bits per heavy atom. The molecule has 3 aromatic carbocycles. The van der Waals surface area contributed by atoms with Crippen molar-refractivity contribution in [2.45, 2.75) is 31.0 Å². The molecule has 1 N–H and O–H groups in total. The highest BCUT2D eigenvalue weighted by atomic mass is 16.6. The third-order valence-electron chi connectivity index (χ3n) is 6.77. The molecule has 6 nitrogen and oxygen atoms in total. The zero-order valence-corrected chi connectivity index (χ0v) is 19.1. The molecule has 34 heavy (non-hydrogen) atoms. The van der Waals surface area contributed by atoms with Gasteiger partial charge in [-0.15, -0.1) is 0 Å². The lowest BCUT2D eigenvalue weighted by Crippen LogP contribution is -2.46. The van der Waals surface area contributed by atoms with Crippen molar-refractivity contribution in [3.05, 3.63) is 95.6 Å². The summed E-state index contributed by atoms with van der Waals surface area (Å²) in [5.41, 5.74) is 5.59. The molecule has 5 rings (SSSR count). The van der Waals surface area contributed by atoms with E-state index in [9.17, 15) is 14.7 Å². The number of likely N-dealkylation sites (tertiary alicyclic amines) is 1. The molecule has 6 heteroatoms. The Morgan fingerprint density at radius 3 is 2.18 bits per heavy atom. The third kappa shape index (κ3) is 4.17. The molecule has 0 aromatic heterocycles. The quantitative estimate of drug-likeness (QED) is 0.629. The van der Waals surface area contributed by atoms with Gasteiger partial charge in [0.05, 0.1) is 12.6 Å². The SMILES string of the molecule is CN(Cc1ccccc1)C(=O)[C@@H]1CC(O)CN1C(=O)OCC1c2ccccc2-c2ccccc21. The minimum atomic E-state index is -0.750. The van der Waals surface area contributed by atoms with E-state index in [1.54, 1.807) is 11.9 Å². The first-order chi connectivity index (χ1) is 16.5. The topological polar surface area (TPSA) is 70.1 Å². The second-order valence-corrected chi connectivity index (χ2v) is 9.04. The van der Waals surface area contributed by atoms with Gasteiger partial charge in [0, 0.05) is 25.9 Å². The lowest BCUT2D eigenvalue weighted by molar-refractivity contribution is -0.134. The summed E-state index contributed by atoms with van der Waals surface area (Å²) in [7, 11) is 1.72. The molecular formula is C28H28N2O4. The zero-order chi connectivity index (χ0) is 23.7. The maximum absolute atomic E-state index is 13.2. The van der Waals surface area contributed by atoms with Gasteiger partial charge in [0.15, 0.2) is 0 Å². The summed E-state index contributed by atoms with van der Waals surface area (Å²) < 4.78 is 5.76. The molecule has 0 saturated carbocycles. The molecule has 2 amide bonds. The van der Waals surface area contributed by atoms with Crippen LogP contribution < -0.4 is 0 Å². The number of hydrogen-bond acceptors (Lipinski definition) is 4. The van der Waals surface area contributed by atoms with Crippen LogP contribution in [0.15, 0.2) is 78.9 Å². The second kappa shape index (κ2) is 9.31. The van der Waals surface area contributed by atoms with Crippen LogP contribution in [0.25, 0.3) is 11.1 Å². The number of likely N-dealkylation sites (N-methyl/N-ethyl adjacent to an activating group) is 1. The Bertz CT molecular complexity index is 1150. The summed E-state index contributed by atoms with van der Waals surface area (Å²) in [5, 5.41) is 10.3. The first kappa shape index (κ1) is 22.2. The summed E-state index contributed by atoms with van der Waals surface area (Å²) in [6.45, 7) is 0.706. The molecule has 1 heterocycles. The van der Waals surface area contributed by atoms with E-state index in [4.69, 9.17) is 4.74 Å². The molecule has 2 aliphatic rings. The maximum Gasteiger partial charge on any atom is 0.410 e. The number of β-amino-alcohol motifs (C(OH)–C–C–N with tert-alkyl or cyclic N) is 1. The summed E-state index contributed by atoms with van der Waals surface area (Å²) in [6.07, 6.45) is -1.10. The number of fused-ring (bicyclic) bond motifs is 3. The number of aliphatic hydroxyl groups is 1. The maximum atomic E-state index is 13.2. The number of carbonyl (C=O) groups is 2. The van der Waals surface area contributed by atoms with Crippen molar-refractivity contribution < 1.29 is 19.4 Å². The van der Waals surface area contributed by atoms with Crippen molar-refractivity contribution in [3.63, 3.8) is 0 Å². The van der Waals surface area contributed by atoms with Gasteiger partial charge in [0.25, 0.3) is 0 Å². The fourth-order valence-corrected chi connectivity index (χ4v) is 5.12. The number of hydrogen-bond donors (Lipinski definition) is 1. The molecule has 0 radical (unpaired) electrons. The van der Waals surface area contributed by atoms with Crippen LogP contribution in [-0.2, 0) is 16.1 Å². The van der Waals surface area contributed by atoms with E-state index in [1.807, 2.05) is 54.6 Å². The molecule has 1 unspecified atom stereocenters. The lowest BCUT2D eigenvalue weighted by atomic mass is 9.98. The van der Waals surface area contributed by atoms with Gasteiger partial charge in [-0.2, -0.15) is 0 Å². The van der Waals surface area contributed by atoms with Gasteiger partial charge in [-0.3, -0.25) is 9.69 Å². The number of aliphatic hydroxyl groups excluding tert-OH is 1. The van der Waals surface area contributed by atoms with E-state index < -0.39 is 18.2 Å². The van der Waals surface area contributed by atoms with Gasteiger partial charge in [-0.05, 0) is 27.8 Å². The molecule has 1 fully saturated rings. The predicted molar refractivity (Wildman–Crippen MR) is 129 cm³/mol. The highest BCUT2D eigenvalue weighted by molar-refractivity contribution is 5.86. The monoisotopic (exact) mass is 456 g/mol. The van der Waals surface area contributed by atoms with E-state index in [0.717, 1.165) is 27.8 Å². The number of benzene rings is 3. The summed E-state index contributed by atoms with van der Waals surface area (Å²) in [6, 6.07) is 25.3. The van der Waals surface area contributed by atoms with Gasteiger partial charge in [0.1, 0.15) is 12.6 Å². The van der Waals surface area contributed by atoms with Crippen molar-refractivity contribution in [1.82, 2.24) is 9.80 Å². The molecule has 3 aromatic rings. The van der Waals surface area contributed by atoms with Crippen LogP contribution in [0.1, 0.15) is 29.0 Å². The molecule has 1 aliphatic heterocycles.